The molecule has 0 atom stereocenters. The zero-order valence-corrected chi connectivity index (χ0v) is 8.82. The Morgan fingerprint density at radius 1 is 1.36 bits per heavy atom. The molecule has 0 spiro atoms. The van der Waals surface area contributed by atoms with E-state index in [0.29, 0.717) is 0 Å². The van der Waals surface area contributed by atoms with E-state index in [-0.39, 0.29) is 11.6 Å². The van der Waals surface area contributed by atoms with E-state index in [4.69, 9.17) is 0 Å². The summed E-state index contributed by atoms with van der Waals surface area (Å²) in [5, 5.41) is 3.20. The van der Waals surface area contributed by atoms with E-state index >= 15 is 0 Å². The van der Waals surface area contributed by atoms with E-state index < -0.39 is 5.54 Å². The van der Waals surface area contributed by atoms with Gasteiger partial charge < -0.3 is 0 Å². The predicted octanol–water partition coefficient (Wildman–Crippen LogP) is 1.24. The fourth-order valence-corrected chi connectivity index (χ4v) is 1.90. The maximum absolute atomic E-state index is 11.5. The molecule has 0 aromatic heterocycles. The van der Waals surface area contributed by atoms with E-state index in [2.05, 4.69) is 21.5 Å². The Hall–Kier alpha value is -0.0900. The van der Waals surface area contributed by atoms with E-state index in [1.54, 1.807) is 3.93 Å². The highest BCUT2D eigenvalue weighted by Crippen LogP contribution is 2.29. The van der Waals surface area contributed by atoms with Crippen molar-refractivity contribution in [3.05, 3.63) is 0 Å². The van der Waals surface area contributed by atoms with Crippen molar-refractivity contribution in [2.45, 2.75) is 38.9 Å². The molecule has 1 heterocycles. The third kappa shape index (κ3) is 1.29. The zero-order valence-electron chi connectivity index (χ0n) is 7.23. The molecule has 0 saturated carbocycles. The van der Waals surface area contributed by atoms with Crippen molar-refractivity contribution in [3.8, 4) is 0 Å². The van der Waals surface area contributed by atoms with Gasteiger partial charge in [0, 0.05) is 0 Å². The monoisotopic (exact) mass is 220 g/mol. The van der Waals surface area contributed by atoms with Crippen LogP contribution in [0.25, 0.3) is 0 Å². The van der Waals surface area contributed by atoms with Crippen molar-refractivity contribution in [1.82, 2.24) is 9.24 Å². The lowest BCUT2D eigenvalue weighted by Gasteiger charge is -2.25. The van der Waals surface area contributed by atoms with Crippen LogP contribution in [0.3, 0.4) is 0 Å². The van der Waals surface area contributed by atoms with Gasteiger partial charge in [-0.2, -0.15) is 0 Å². The molecule has 11 heavy (non-hydrogen) atoms. The van der Waals surface area contributed by atoms with Crippen LogP contribution in [0.4, 0.5) is 0 Å². The van der Waals surface area contributed by atoms with E-state index in [0.717, 1.165) is 0 Å². The molecule has 3 nitrogen and oxygen atoms in total. The van der Waals surface area contributed by atoms with Crippen LogP contribution in [0.1, 0.15) is 27.7 Å². The molecular weight excluding hydrogens is 208 g/mol. The number of halogens is 1. The molecule has 1 aliphatic heterocycles. The third-order valence-corrected chi connectivity index (χ3v) is 3.03. The summed E-state index contributed by atoms with van der Waals surface area (Å²) in [5.41, 5.74) is -0.742. The van der Waals surface area contributed by atoms with Gasteiger partial charge in [-0.05, 0) is 27.7 Å². The average Bonchev–Trinajstić information content (AvgIpc) is 1.91. The maximum atomic E-state index is 11.5. The zero-order chi connectivity index (χ0) is 8.86. The highest BCUT2D eigenvalue weighted by Gasteiger charge is 2.48. The van der Waals surface area contributed by atoms with Gasteiger partial charge in [0.1, 0.15) is 0 Å². The normalized spacial score (nSPS) is 27.7. The van der Waals surface area contributed by atoms with Gasteiger partial charge in [-0.25, -0.2) is 0 Å². The van der Waals surface area contributed by atoms with Gasteiger partial charge in [0.15, 0.2) is 0 Å². The number of rotatable bonds is 0. The summed E-state index contributed by atoms with van der Waals surface area (Å²) < 4.78 is 1.56. The van der Waals surface area contributed by atoms with E-state index in [1.807, 2.05) is 27.7 Å². The van der Waals surface area contributed by atoms with Gasteiger partial charge in [0.05, 0.1) is 27.3 Å². The van der Waals surface area contributed by atoms with Crippen molar-refractivity contribution in [2.75, 3.05) is 0 Å². The van der Waals surface area contributed by atoms with Gasteiger partial charge in [-0.1, -0.05) is 0 Å². The molecule has 1 rings (SSSR count). The van der Waals surface area contributed by atoms with Crippen LogP contribution in [-0.2, 0) is 4.79 Å². The standard InChI is InChI=1S/C7H13BrN2O/c1-6(2)5(11)10(8)7(3,4)9-6/h9H,1-4H3. The summed E-state index contributed by atoms with van der Waals surface area (Å²) in [7, 11) is 0. The lowest BCUT2D eigenvalue weighted by atomic mass is 10.1. The Morgan fingerprint density at radius 2 is 1.82 bits per heavy atom. The van der Waals surface area contributed by atoms with Crippen LogP contribution in [-0.4, -0.2) is 21.0 Å². The van der Waals surface area contributed by atoms with Gasteiger partial charge in [-0.15, -0.1) is 0 Å². The Morgan fingerprint density at radius 3 is 1.91 bits per heavy atom. The fourth-order valence-electron chi connectivity index (χ4n) is 1.37. The quantitative estimate of drug-likeness (QED) is 0.624. The molecule has 1 fully saturated rings. The van der Waals surface area contributed by atoms with E-state index in [1.165, 1.54) is 0 Å². The van der Waals surface area contributed by atoms with Crippen molar-refractivity contribution in [1.29, 1.82) is 0 Å². The molecule has 0 radical (unpaired) electrons. The van der Waals surface area contributed by atoms with Crippen LogP contribution in [0.2, 0.25) is 0 Å². The Kier molecular flexibility index (Phi) is 1.80. The molecule has 0 aromatic carbocycles. The molecule has 1 N–H and O–H groups in total. The number of carbonyl (C=O) groups excluding carboxylic acids is 1. The predicted molar refractivity (Wildman–Crippen MR) is 47.1 cm³/mol. The second-order valence-corrected chi connectivity index (χ2v) is 4.60. The van der Waals surface area contributed by atoms with Crippen LogP contribution < -0.4 is 5.32 Å². The van der Waals surface area contributed by atoms with Gasteiger partial charge >= 0.3 is 0 Å². The second-order valence-electron chi connectivity index (χ2n) is 3.90. The number of amides is 1. The third-order valence-electron chi connectivity index (χ3n) is 1.82. The summed E-state index contributed by atoms with van der Waals surface area (Å²) in [6.45, 7) is 7.65. The first kappa shape index (κ1) is 9.00. The summed E-state index contributed by atoms with van der Waals surface area (Å²) in [5.74, 6) is 0.0718. The van der Waals surface area contributed by atoms with Gasteiger partial charge in [-0.3, -0.25) is 14.0 Å². The number of hydrogen-bond donors (Lipinski definition) is 1. The highest BCUT2D eigenvalue weighted by atomic mass is 79.9. The molecule has 64 valence electrons. The van der Waals surface area contributed by atoms with Crippen LogP contribution >= 0.6 is 16.1 Å². The molecule has 0 aromatic rings. The molecular formula is C7H13BrN2O. The summed E-state index contributed by atoms with van der Waals surface area (Å²) in [4.78, 5) is 11.5. The minimum atomic E-state index is -0.451. The number of nitrogens with one attached hydrogen (secondary N) is 1. The van der Waals surface area contributed by atoms with Crippen molar-refractivity contribution >= 4 is 22.1 Å². The lowest BCUT2D eigenvalue weighted by molar-refractivity contribution is -0.127. The summed E-state index contributed by atoms with van der Waals surface area (Å²) in [6, 6.07) is 0. The number of carbonyl (C=O) groups is 1. The molecule has 4 heteroatoms. The van der Waals surface area contributed by atoms with Crippen LogP contribution in [0, 0.1) is 0 Å². The Bertz CT molecular complexity index is 201. The minimum Gasteiger partial charge on any atom is -0.281 e. The molecule has 0 bridgehead atoms. The molecule has 1 saturated heterocycles. The largest absolute Gasteiger partial charge is 0.281 e. The second kappa shape index (κ2) is 2.20. The van der Waals surface area contributed by atoms with Crippen molar-refractivity contribution < 1.29 is 4.79 Å². The van der Waals surface area contributed by atoms with Crippen molar-refractivity contribution in [2.24, 2.45) is 0 Å². The van der Waals surface area contributed by atoms with E-state index in [9.17, 15) is 4.79 Å². The van der Waals surface area contributed by atoms with Crippen LogP contribution in [0.15, 0.2) is 0 Å². The summed E-state index contributed by atoms with van der Waals surface area (Å²) >= 11 is 3.22. The fraction of sp³-hybridized carbons (Fsp3) is 0.857. The first-order chi connectivity index (χ1) is 4.77. The van der Waals surface area contributed by atoms with Gasteiger partial charge in [0.2, 0.25) is 0 Å². The molecule has 0 unspecified atom stereocenters. The average molecular weight is 221 g/mol. The summed E-state index contributed by atoms with van der Waals surface area (Å²) in [6.07, 6.45) is 0. The molecule has 1 amide bonds. The molecule has 0 aliphatic carbocycles. The van der Waals surface area contributed by atoms with Crippen molar-refractivity contribution in [3.63, 3.8) is 0 Å². The number of nitrogens with zero attached hydrogens (tertiary/aromatic N) is 1. The first-order valence-electron chi connectivity index (χ1n) is 3.57. The topological polar surface area (TPSA) is 32.3 Å². The van der Waals surface area contributed by atoms with Gasteiger partial charge in [0.25, 0.3) is 5.91 Å². The highest BCUT2D eigenvalue weighted by molar-refractivity contribution is 9.07. The minimum absolute atomic E-state index is 0.0718. The Labute approximate surface area is 75.5 Å². The maximum Gasteiger partial charge on any atom is 0.253 e. The SMILES string of the molecule is CC1(C)NC(C)(C)N(Br)C1=O. The van der Waals surface area contributed by atoms with Crippen LogP contribution in [0.5, 0.6) is 0 Å². The number of hydrogen-bond acceptors (Lipinski definition) is 2. The Balaban J connectivity index is 2.96. The molecule has 1 aliphatic rings. The lowest BCUT2D eigenvalue weighted by Crippen LogP contribution is -2.46. The first-order valence-corrected chi connectivity index (χ1v) is 4.28. The smallest absolute Gasteiger partial charge is 0.253 e.